The predicted octanol–water partition coefficient (Wildman–Crippen LogP) is 4.07. The van der Waals surface area contributed by atoms with Crippen molar-refractivity contribution in [1.82, 2.24) is 9.78 Å². The Morgan fingerprint density at radius 2 is 1.97 bits per heavy atom. The van der Waals surface area contributed by atoms with Gasteiger partial charge in [0.05, 0.1) is 27.8 Å². The second-order valence-corrected chi connectivity index (χ2v) is 7.35. The van der Waals surface area contributed by atoms with E-state index in [1.807, 2.05) is 24.3 Å². The minimum atomic E-state index is -0.755. The number of fused-ring (bicyclic) bond motifs is 1. The standard InChI is InChI=1S/C20H14BrN5O3/c1-11-17-18(14-4-2-3-5-16(14)26(27)28)15(10-22)19(23)29-20(17)25(24-11)13-8-6-12(21)7-9-13/h2-9,18H,23H2,1H3/t18-/m0/s1. The van der Waals surface area contributed by atoms with E-state index in [-0.39, 0.29) is 17.1 Å². The molecule has 0 unspecified atom stereocenters. The second-order valence-electron chi connectivity index (χ2n) is 6.43. The largest absolute Gasteiger partial charge is 0.422 e. The summed E-state index contributed by atoms with van der Waals surface area (Å²) in [6, 6.07) is 15.8. The summed E-state index contributed by atoms with van der Waals surface area (Å²) >= 11 is 3.40. The molecule has 0 radical (unpaired) electrons. The average molecular weight is 452 g/mol. The lowest BCUT2D eigenvalue weighted by molar-refractivity contribution is -0.385. The summed E-state index contributed by atoms with van der Waals surface area (Å²) in [6.07, 6.45) is 0. The molecule has 1 atom stereocenters. The molecule has 0 bridgehead atoms. The Morgan fingerprint density at radius 3 is 2.62 bits per heavy atom. The van der Waals surface area contributed by atoms with Crippen LogP contribution in [0.3, 0.4) is 0 Å². The first kappa shape index (κ1) is 18.7. The van der Waals surface area contributed by atoms with Crippen molar-refractivity contribution in [2.24, 2.45) is 5.73 Å². The van der Waals surface area contributed by atoms with Crippen molar-refractivity contribution in [2.75, 3.05) is 0 Å². The number of nitriles is 1. The first-order chi connectivity index (χ1) is 13.9. The van der Waals surface area contributed by atoms with Crippen LogP contribution in [0.25, 0.3) is 5.69 Å². The molecule has 1 aliphatic rings. The summed E-state index contributed by atoms with van der Waals surface area (Å²) in [5.74, 6) is -0.513. The molecule has 29 heavy (non-hydrogen) atoms. The molecule has 3 aromatic rings. The number of ether oxygens (including phenoxy) is 1. The maximum Gasteiger partial charge on any atom is 0.273 e. The Labute approximate surface area is 174 Å². The smallest absolute Gasteiger partial charge is 0.273 e. The van der Waals surface area contributed by atoms with Gasteiger partial charge in [-0.25, -0.2) is 4.68 Å². The number of halogens is 1. The van der Waals surface area contributed by atoms with E-state index < -0.39 is 10.8 Å². The van der Waals surface area contributed by atoms with E-state index in [1.165, 1.54) is 6.07 Å². The Hall–Kier alpha value is -3.64. The van der Waals surface area contributed by atoms with Crippen molar-refractivity contribution in [3.8, 4) is 17.6 Å². The summed E-state index contributed by atoms with van der Waals surface area (Å²) in [4.78, 5) is 11.1. The fraction of sp³-hybridized carbons (Fsp3) is 0.100. The molecule has 1 aromatic heterocycles. The number of nitro benzene ring substituents is 1. The van der Waals surface area contributed by atoms with Gasteiger partial charge in [0, 0.05) is 16.1 Å². The molecule has 0 aliphatic carbocycles. The molecule has 0 saturated carbocycles. The Bertz CT molecular complexity index is 1210. The van der Waals surface area contributed by atoms with Crippen molar-refractivity contribution in [3.63, 3.8) is 0 Å². The highest BCUT2D eigenvalue weighted by Crippen LogP contribution is 2.46. The van der Waals surface area contributed by atoms with Gasteiger partial charge in [-0.3, -0.25) is 10.1 Å². The molecule has 0 saturated heterocycles. The fourth-order valence-electron chi connectivity index (χ4n) is 3.48. The number of hydrogen-bond donors (Lipinski definition) is 1. The van der Waals surface area contributed by atoms with Crippen LogP contribution in [-0.4, -0.2) is 14.7 Å². The van der Waals surface area contributed by atoms with E-state index in [1.54, 1.807) is 29.8 Å². The van der Waals surface area contributed by atoms with E-state index in [9.17, 15) is 15.4 Å². The summed E-state index contributed by atoms with van der Waals surface area (Å²) in [6.45, 7) is 1.77. The lowest BCUT2D eigenvalue weighted by Crippen LogP contribution is -2.22. The molecule has 144 valence electrons. The lowest BCUT2D eigenvalue weighted by Gasteiger charge is -2.24. The fourth-order valence-corrected chi connectivity index (χ4v) is 3.74. The maximum absolute atomic E-state index is 11.6. The summed E-state index contributed by atoms with van der Waals surface area (Å²) in [5.41, 5.74) is 8.33. The van der Waals surface area contributed by atoms with Gasteiger partial charge in [-0.2, -0.15) is 10.4 Å². The lowest BCUT2D eigenvalue weighted by atomic mass is 9.83. The Balaban J connectivity index is 1.99. The number of para-hydroxylation sites is 1. The van der Waals surface area contributed by atoms with Crippen LogP contribution in [0.15, 0.2) is 64.5 Å². The zero-order chi connectivity index (χ0) is 20.7. The third kappa shape index (κ3) is 3.03. The highest BCUT2D eigenvalue weighted by atomic mass is 79.9. The Kier molecular flexibility index (Phi) is 4.56. The van der Waals surface area contributed by atoms with E-state index in [2.05, 4.69) is 27.1 Å². The molecule has 8 nitrogen and oxygen atoms in total. The number of nitrogens with two attached hydrogens (primary N) is 1. The first-order valence-corrected chi connectivity index (χ1v) is 9.38. The Morgan fingerprint density at radius 1 is 1.28 bits per heavy atom. The number of nitrogens with zero attached hydrogens (tertiary/aromatic N) is 4. The molecule has 1 aliphatic heterocycles. The van der Waals surface area contributed by atoms with Gasteiger partial charge in [0.15, 0.2) is 0 Å². The third-order valence-electron chi connectivity index (χ3n) is 4.75. The van der Waals surface area contributed by atoms with Crippen LogP contribution < -0.4 is 10.5 Å². The molecule has 2 aromatic carbocycles. The van der Waals surface area contributed by atoms with Crippen LogP contribution in [0.1, 0.15) is 22.7 Å². The van der Waals surface area contributed by atoms with Crippen molar-refractivity contribution in [1.29, 1.82) is 5.26 Å². The number of allylic oxidation sites excluding steroid dienone is 1. The third-order valence-corrected chi connectivity index (χ3v) is 5.28. The van der Waals surface area contributed by atoms with Crippen LogP contribution in [0.4, 0.5) is 5.69 Å². The molecule has 0 fully saturated rings. The van der Waals surface area contributed by atoms with Gasteiger partial charge in [0.1, 0.15) is 11.6 Å². The monoisotopic (exact) mass is 451 g/mol. The minimum absolute atomic E-state index is 0.0957. The maximum atomic E-state index is 11.6. The van der Waals surface area contributed by atoms with Crippen molar-refractivity contribution < 1.29 is 9.66 Å². The second kappa shape index (κ2) is 7.07. The molecule has 2 heterocycles. The topological polar surface area (TPSA) is 120 Å². The zero-order valence-electron chi connectivity index (χ0n) is 15.2. The van der Waals surface area contributed by atoms with Gasteiger partial charge >= 0.3 is 0 Å². The van der Waals surface area contributed by atoms with Crippen molar-refractivity contribution in [2.45, 2.75) is 12.8 Å². The minimum Gasteiger partial charge on any atom is -0.422 e. The van der Waals surface area contributed by atoms with E-state index in [0.717, 1.165) is 10.2 Å². The van der Waals surface area contributed by atoms with Crippen LogP contribution >= 0.6 is 15.9 Å². The van der Waals surface area contributed by atoms with Gasteiger partial charge in [-0.1, -0.05) is 34.1 Å². The number of rotatable bonds is 3. The van der Waals surface area contributed by atoms with Crippen LogP contribution in [-0.2, 0) is 0 Å². The number of aromatic nitrogens is 2. The molecule has 0 amide bonds. The van der Waals surface area contributed by atoms with Gasteiger partial charge < -0.3 is 10.5 Å². The summed E-state index contributed by atoms with van der Waals surface area (Å²) in [7, 11) is 0. The molecule has 2 N–H and O–H groups in total. The SMILES string of the molecule is Cc1nn(-c2ccc(Br)cc2)c2c1[C@@H](c1ccccc1[N+](=O)[O-])C(C#N)=C(N)O2. The van der Waals surface area contributed by atoms with Crippen LogP contribution in [0, 0.1) is 28.4 Å². The van der Waals surface area contributed by atoms with Gasteiger partial charge in [-0.15, -0.1) is 0 Å². The predicted molar refractivity (Wildman–Crippen MR) is 108 cm³/mol. The molecular formula is C20H14BrN5O3. The zero-order valence-corrected chi connectivity index (χ0v) is 16.8. The number of benzene rings is 2. The van der Waals surface area contributed by atoms with Crippen LogP contribution in [0.2, 0.25) is 0 Å². The summed E-state index contributed by atoms with van der Waals surface area (Å²) < 4.78 is 8.27. The van der Waals surface area contributed by atoms with Crippen molar-refractivity contribution >= 4 is 21.6 Å². The van der Waals surface area contributed by atoms with Gasteiger partial charge in [0.2, 0.25) is 11.8 Å². The number of nitro groups is 1. The molecular weight excluding hydrogens is 438 g/mol. The molecule has 9 heteroatoms. The van der Waals surface area contributed by atoms with E-state index in [0.29, 0.717) is 22.7 Å². The quantitative estimate of drug-likeness (QED) is 0.473. The number of hydrogen-bond acceptors (Lipinski definition) is 6. The highest BCUT2D eigenvalue weighted by molar-refractivity contribution is 9.10. The van der Waals surface area contributed by atoms with Crippen molar-refractivity contribution in [3.05, 3.63) is 91.4 Å². The normalized spacial score (nSPS) is 15.4. The van der Waals surface area contributed by atoms with E-state index >= 15 is 0 Å². The average Bonchev–Trinajstić information content (AvgIpc) is 3.03. The van der Waals surface area contributed by atoms with Gasteiger partial charge in [-0.05, 0) is 31.2 Å². The van der Waals surface area contributed by atoms with Crippen LogP contribution in [0.5, 0.6) is 5.88 Å². The summed E-state index contributed by atoms with van der Waals surface area (Å²) in [5, 5.41) is 25.9. The van der Waals surface area contributed by atoms with Gasteiger partial charge in [0.25, 0.3) is 5.69 Å². The first-order valence-electron chi connectivity index (χ1n) is 8.58. The molecule has 0 spiro atoms. The molecule has 4 rings (SSSR count). The van der Waals surface area contributed by atoms with E-state index in [4.69, 9.17) is 10.5 Å². The highest BCUT2D eigenvalue weighted by Gasteiger charge is 2.39. The number of aryl methyl sites for hydroxylation is 1.